The van der Waals surface area contributed by atoms with Crippen LogP contribution in [0.25, 0.3) is 0 Å². The molecule has 0 saturated heterocycles. The lowest BCUT2D eigenvalue weighted by Crippen LogP contribution is -2.05. The molecule has 0 aromatic heterocycles. The zero-order valence-electron chi connectivity index (χ0n) is 14.7. The van der Waals surface area contributed by atoms with E-state index in [-0.39, 0.29) is 11.6 Å². The first-order valence-electron chi connectivity index (χ1n) is 8.32. The Morgan fingerprint density at radius 2 is 1.11 bits per heavy atom. The first-order chi connectivity index (χ1) is 13.5. The topological polar surface area (TPSA) is 35.5 Å². The van der Waals surface area contributed by atoms with E-state index in [4.69, 9.17) is 7.94 Å². The highest BCUT2D eigenvalue weighted by Gasteiger charge is 2.29. The van der Waals surface area contributed by atoms with E-state index in [9.17, 15) is 13.3 Å². The standard InChI is InChI=1S/C20H17F2O3PS2/c21-18-10-6-16(7-11-18)14-27-24-26(23,20-4-2-1-3-5-20)25-28-15-17-8-12-19(22)13-9-17/h1-13H,14-15H2. The molecule has 0 aliphatic heterocycles. The summed E-state index contributed by atoms with van der Waals surface area (Å²) in [7, 11) is -3.59. The fourth-order valence-electron chi connectivity index (χ4n) is 2.20. The molecule has 0 aliphatic carbocycles. The molecule has 0 fully saturated rings. The summed E-state index contributed by atoms with van der Waals surface area (Å²) in [5, 5.41) is 0.438. The number of hydrogen-bond donors (Lipinski definition) is 0. The molecule has 3 aromatic rings. The molecule has 0 radical (unpaired) electrons. The van der Waals surface area contributed by atoms with Gasteiger partial charge >= 0.3 is 7.60 Å². The third-order valence-corrected chi connectivity index (χ3v) is 7.90. The minimum atomic E-state index is -3.59. The smallest absolute Gasteiger partial charge is 0.252 e. The molecule has 0 N–H and O–H groups in total. The average Bonchev–Trinajstić information content (AvgIpc) is 2.72. The van der Waals surface area contributed by atoms with Gasteiger partial charge in [0.25, 0.3) is 0 Å². The van der Waals surface area contributed by atoms with E-state index in [1.807, 2.05) is 6.07 Å². The van der Waals surface area contributed by atoms with E-state index in [0.29, 0.717) is 16.8 Å². The summed E-state index contributed by atoms with van der Waals surface area (Å²) in [6.45, 7) is 0. The Morgan fingerprint density at radius 3 is 1.54 bits per heavy atom. The Labute approximate surface area is 171 Å². The van der Waals surface area contributed by atoms with Gasteiger partial charge in [0.05, 0.1) is 5.30 Å². The third-order valence-electron chi connectivity index (χ3n) is 3.65. The van der Waals surface area contributed by atoms with E-state index < -0.39 is 7.60 Å². The van der Waals surface area contributed by atoms with Crippen LogP contribution < -0.4 is 5.30 Å². The van der Waals surface area contributed by atoms with Crippen LogP contribution in [0.4, 0.5) is 8.78 Å². The molecule has 3 nitrogen and oxygen atoms in total. The van der Waals surface area contributed by atoms with E-state index >= 15 is 0 Å². The van der Waals surface area contributed by atoms with Crippen molar-refractivity contribution >= 4 is 37.0 Å². The van der Waals surface area contributed by atoms with Crippen molar-refractivity contribution in [1.82, 2.24) is 0 Å². The molecule has 146 valence electrons. The van der Waals surface area contributed by atoms with Crippen molar-refractivity contribution in [3.05, 3.63) is 102 Å². The molecular formula is C20H17F2O3PS2. The largest absolute Gasteiger partial charge is 0.383 e. The summed E-state index contributed by atoms with van der Waals surface area (Å²) in [5.74, 6) is 0.155. The van der Waals surface area contributed by atoms with Gasteiger partial charge in [-0.25, -0.2) is 16.7 Å². The molecule has 0 spiro atoms. The summed E-state index contributed by atoms with van der Waals surface area (Å²) < 4.78 is 50.5. The van der Waals surface area contributed by atoms with Crippen molar-refractivity contribution in [1.29, 1.82) is 0 Å². The normalized spacial score (nSPS) is 11.5. The van der Waals surface area contributed by atoms with Gasteiger partial charge in [0.1, 0.15) is 11.6 Å². The second kappa shape index (κ2) is 10.2. The number of rotatable bonds is 9. The van der Waals surface area contributed by atoms with Crippen LogP contribution in [0.3, 0.4) is 0 Å². The summed E-state index contributed by atoms with van der Waals surface area (Å²) in [5.41, 5.74) is 1.68. The minimum absolute atomic E-state index is 0.315. The first kappa shape index (κ1) is 21.1. The van der Waals surface area contributed by atoms with Crippen LogP contribution in [-0.2, 0) is 24.0 Å². The van der Waals surface area contributed by atoms with Crippen molar-refractivity contribution in [2.45, 2.75) is 11.5 Å². The Bertz CT molecular complexity index is 867. The highest BCUT2D eigenvalue weighted by Crippen LogP contribution is 2.54. The summed E-state index contributed by atoms with van der Waals surface area (Å²) in [6.07, 6.45) is 0. The van der Waals surface area contributed by atoms with Gasteiger partial charge in [-0.05, 0) is 47.5 Å². The lowest BCUT2D eigenvalue weighted by atomic mass is 10.2. The summed E-state index contributed by atoms with van der Waals surface area (Å²) >= 11 is 1.98. The second-order valence-corrected chi connectivity index (χ2v) is 9.51. The number of halogens is 2. The van der Waals surface area contributed by atoms with Gasteiger partial charge in [0.2, 0.25) is 0 Å². The molecular weight excluding hydrogens is 421 g/mol. The van der Waals surface area contributed by atoms with E-state index in [1.165, 1.54) is 24.3 Å². The predicted octanol–water partition coefficient (Wildman–Crippen LogP) is 6.51. The second-order valence-electron chi connectivity index (χ2n) is 5.76. The molecule has 0 unspecified atom stereocenters. The maximum absolute atomic E-state index is 13.3. The van der Waals surface area contributed by atoms with Gasteiger partial charge in [-0.3, -0.25) is 4.57 Å². The Kier molecular flexibility index (Phi) is 7.71. The highest BCUT2D eigenvalue weighted by atomic mass is 32.2. The molecule has 0 aliphatic rings. The highest BCUT2D eigenvalue weighted by molar-refractivity contribution is 8.02. The van der Waals surface area contributed by atoms with Gasteiger partial charge in [0.15, 0.2) is 0 Å². The van der Waals surface area contributed by atoms with Gasteiger partial charge in [-0.1, -0.05) is 42.5 Å². The maximum atomic E-state index is 13.3. The molecule has 3 aromatic carbocycles. The Hall–Kier alpha value is -1.63. The van der Waals surface area contributed by atoms with Crippen molar-refractivity contribution in [3.63, 3.8) is 0 Å². The third kappa shape index (κ3) is 6.19. The van der Waals surface area contributed by atoms with E-state index in [1.54, 1.807) is 48.5 Å². The average molecular weight is 438 g/mol. The zero-order valence-corrected chi connectivity index (χ0v) is 17.2. The molecule has 0 heterocycles. The minimum Gasteiger partial charge on any atom is -0.252 e. The van der Waals surface area contributed by atoms with Crippen molar-refractivity contribution in [2.24, 2.45) is 0 Å². The molecule has 8 heteroatoms. The Balaban J connectivity index is 1.62. The van der Waals surface area contributed by atoms with Crippen molar-refractivity contribution in [2.75, 3.05) is 0 Å². The van der Waals surface area contributed by atoms with Crippen LogP contribution in [0, 0.1) is 11.6 Å². The molecule has 0 atom stereocenters. The lowest BCUT2D eigenvalue weighted by molar-refractivity contribution is 0.445. The number of hydrogen-bond acceptors (Lipinski definition) is 5. The Morgan fingerprint density at radius 1 is 0.679 bits per heavy atom. The maximum Gasteiger partial charge on any atom is 0.383 e. The summed E-state index contributed by atoms with van der Waals surface area (Å²) in [4.78, 5) is 0. The molecule has 0 amide bonds. The van der Waals surface area contributed by atoms with Crippen LogP contribution in [-0.4, -0.2) is 0 Å². The predicted molar refractivity (Wildman–Crippen MR) is 111 cm³/mol. The van der Waals surface area contributed by atoms with Gasteiger partial charge < -0.3 is 0 Å². The van der Waals surface area contributed by atoms with Crippen molar-refractivity contribution in [3.8, 4) is 0 Å². The van der Waals surface area contributed by atoms with Gasteiger partial charge in [-0.2, -0.15) is 0 Å². The van der Waals surface area contributed by atoms with Gasteiger partial charge in [-0.15, -0.1) is 0 Å². The lowest BCUT2D eigenvalue weighted by Gasteiger charge is -2.16. The monoisotopic (exact) mass is 438 g/mol. The van der Waals surface area contributed by atoms with E-state index in [0.717, 1.165) is 35.2 Å². The molecule has 28 heavy (non-hydrogen) atoms. The van der Waals surface area contributed by atoms with Crippen molar-refractivity contribution < 1.29 is 21.3 Å². The van der Waals surface area contributed by atoms with Crippen LogP contribution in [0.5, 0.6) is 0 Å². The van der Waals surface area contributed by atoms with Crippen LogP contribution >= 0.6 is 31.7 Å². The first-order valence-corrected chi connectivity index (χ1v) is 11.7. The van der Waals surface area contributed by atoms with Gasteiger partial charge in [0, 0.05) is 35.6 Å². The zero-order chi connectivity index (χ0) is 19.8. The van der Waals surface area contributed by atoms with Crippen LogP contribution in [0.2, 0.25) is 0 Å². The molecule has 3 rings (SSSR count). The molecule has 0 saturated carbocycles. The van der Waals surface area contributed by atoms with Crippen LogP contribution in [0.1, 0.15) is 11.1 Å². The fourth-order valence-corrected chi connectivity index (χ4v) is 5.94. The van der Waals surface area contributed by atoms with Crippen LogP contribution in [0.15, 0.2) is 78.9 Å². The number of benzene rings is 3. The molecule has 0 bridgehead atoms. The van der Waals surface area contributed by atoms with E-state index in [2.05, 4.69) is 0 Å². The fraction of sp³-hybridized carbons (Fsp3) is 0.100. The summed E-state index contributed by atoms with van der Waals surface area (Å²) in [6, 6.07) is 20.7. The SMILES string of the molecule is O=P(OSCc1ccc(F)cc1)(OSCc1ccc(F)cc1)c1ccccc1. The quantitative estimate of drug-likeness (QED) is 0.281.